The Bertz CT molecular complexity index is 131. The molecule has 0 rings (SSSR count). The Balaban J connectivity index is 3.27. The SMILES string of the molecule is C=C[C@@H](C)CC[C@H](O)CCCCCC. The van der Waals surface area contributed by atoms with Crippen molar-refractivity contribution < 1.29 is 5.11 Å². The molecule has 14 heavy (non-hydrogen) atoms. The standard InChI is InChI=1S/C13H26O/c1-4-6-7-8-9-13(14)11-10-12(3)5-2/h5,12-14H,2,4,6-11H2,1,3H3/t12-,13-/m1/s1. The van der Waals surface area contributed by atoms with Gasteiger partial charge in [0.05, 0.1) is 6.10 Å². The largest absolute Gasteiger partial charge is 0.393 e. The summed E-state index contributed by atoms with van der Waals surface area (Å²) in [5, 5.41) is 9.66. The fourth-order valence-electron chi connectivity index (χ4n) is 1.52. The lowest BCUT2D eigenvalue weighted by Crippen LogP contribution is -2.07. The van der Waals surface area contributed by atoms with Gasteiger partial charge in [0.25, 0.3) is 0 Å². The van der Waals surface area contributed by atoms with Crippen molar-refractivity contribution in [3.63, 3.8) is 0 Å². The number of allylic oxidation sites excluding steroid dienone is 1. The first-order valence-electron chi connectivity index (χ1n) is 6.01. The van der Waals surface area contributed by atoms with Gasteiger partial charge in [-0.25, -0.2) is 0 Å². The lowest BCUT2D eigenvalue weighted by Gasteiger charge is -2.11. The summed E-state index contributed by atoms with van der Waals surface area (Å²) < 4.78 is 0. The van der Waals surface area contributed by atoms with E-state index in [1.54, 1.807) is 0 Å². The third kappa shape index (κ3) is 8.31. The molecule has 2 atom stereocenters. The maximum Gasteiger partial charge on any atom is 0.0540 e. The summed E-state index contributed by atoms with van der Waals surface area (Å²) in [6.45, 7) is 8.10. The summed E-state index contributed by atoms with van der Waals surface area (Å²) in [5.74, 6) is 0.542. The first-order chi connectivity index (χ1) is 6.70. The molecule has 0 spiro atoms. The molecule has 0 aromatic heterocycles. The lowest BCUT2D eigenvalue weighted by molar-refractivity contribution is 0.145. The first-order valence-corrected chi connectivity index (χ1v) is 6.01. The molecule has 0 fully saturated rings. The molecule has 0 amide bonds. The molecular weight excluding hydrogens is 172 g/mol. The number of aliphatic hydroxyl groups is 1. The Labute approximate surface area is 89.2 Å². The maximum atomic E-state index is 9.66. The van der Waals surface area contributed by atoms with E-state index in [9.17, 15) is 5.11 Å². The van der Waals surface area contributed by atoms with Crippen LogP contribution in [-0.2, 0) is 0 Å². The summed E-state index contributed by atoms with van der Waals surface area (Å²) in [7, 11) is 0. The number of aliphatic hydroxyl groups excluding tert-OH is 1. The predicted molar refractivity (Wildman–Crippen MR) is 63.4 cm³/mol. The molecule has 0 aromatic rings. The first kappa shape index (κ1) is 13.7. The van der Waals surface area contributed by atoms with Crippen molar-refractivity contribution in [2.75, 3.05) is 0 Å². The van der Waals surface area contributed by atoms with Gasteiger partial charge in [-0.05, 0) is 25.2 Å². The summed E-state index contributed by atoms with van der Waals surface area (Å²) in [5.41, 5.74) is 0. The highest BCUT2D eigenvalue weighted by Gasteiger charge is 2.05. The minimum atomic E-state index is -0.0887. The highest BCUT2D eigenvalue weighted by molar-refractivity contribution is 4.75. The van der Waals surface area contributed by atoms with Gasteiger partial charge in [0, 0.05) is 0 Å². The number of hydrogen-bond acceptors (Lipinski definition) is 1. The van der Waals surface area contributed by atoms with Crippen LogP contribution in [0.2, 0.25) is 0 Å². The molecule has 0 unspecified atom stereocenters. The number of unbranched alkanes of at least 4 members (excludes halogenated alkanes) is 3. The second-order valence-corrected chi connectivity index (χ2v) is 4.29. The van der Waals surface area contributed by atoms with E-state index in [-0.39, 0.29) is 6.10 Å². The van der Waals surface area contributed by atoms with Gasteiger partial charge in [0.2, 0.25) is 0 Å². The molecule has 0 aliphatic rings. The van der Waals surface area contributed by atoms with Gasteiger partial charge < -0.3 is 5.11 Å². The monoisotopic (exact) mass is 198 g/mol. The Kier molecular flexibility index (Phi) is 9.06. The second-order valence-electron chi connectivity index (χ2n) is 4.29. The van der Waals surface area contributed by atoms with Crippen LogP contribution >= 0.6 is 0 Å². The molecule has 0 saturated carbocycles. The molecule has 1 heteroatoms. The van der Waals surface area contributed by atoms with Gasteiger partial charge in [-0.1, -0.05) is 45.6 Å². The van der Waals surface area contributed by atoms with Gasteiger partial charge in [0.1, 0.15) is 0 Å². The van der Waals surface area contributed by atoms with E-state index in [0.29, 0.717) is 5.92 Å². The van der Waals surface area contributed by atoms with E-state index in [1.807, 2.05) is 6.08 Å². The van der Waals surface area contributed by atoms with E-state index < -0.39 is 0 Å². The molecule has 0 aliphatic heterocycles. The van der Waals surface area contributed by atoms with Crippen LogP contribution in [0.1, 0.15) is 58.8 Å². The van der Waals surface area contributed by atoms with Gasteiger partial charge in [0.15, 0.2) is 0 Å². The van der Waals surface area contributed by atoms with Crippen LogP contribution in [0.25, 0.3) is 0 Å². The van der Waals surface area contributed by atoms with Crippen LogP contribution in [0.15, 0.2) is 12.7 Å². The third-order valence-corrected chi connectivity index (χ3v) is 2.75. The van der Waals surface area contributed by atoms with Crippen LogP contribution < -0.4 is 0 Å². The Morgan fingerprint density at radius 1 is 1.14 bits per heavy atom. The molecule has 0 heterocycles. The fourth-order valence-corrected chi connectivity index (χ4v) is 1.52. The van der Waals surface area contributed by atoms with Crippen molar-refractivity contribution in [3.05, 3.63) is 12.7 Å². The topological polar surface area (TPSA) is 20.2 Å². The molecular formula is C13H26O. The van der Waals surface area contributed by atoms with Crippen LogP contribution in [0.5, 0.6) is 0 Å². The van der Waals surface area contributed by atoms with Crippen molar-refractivity contribution >= 4 is 0 Å². The van der Waals surface area contributed by atoms with E-state index in [1.165, 1.54) is 25.7 Å². The van der Waals surface area contributed by atoms with Gasteiger partial charge >= 0.3 is 0 Å². The highest BCUT2D eigenvalue weighted by atomic mass is 16.3. The molecule has 0 saturated heterocycles. The van der Waals surface area contributed by atoms with Gasteiger partial charge in [-0.15, -0.1) is 6.58 Å². The zero-order valence-electron chi connectivity index (χ0n) is 9.84. The normalized spacial score (nSPS) is 15.1. The van der Waals surface area contributed by atoms with Crippen molar-refractivity contribution in [3.8, 4) is 0 Å². The molecule has 0 bridgehead atoms. The van der Waals surface area contributed by atoms with E-state index in [0.717, 1.165) is 19.3 Å². The Morgan fingerprint density at radius 2 is 1.86 bits per heavy atom. The molecule has 0 aromatic carbocycles. The van der Waals surface area contributed by atoms with E-state index >= 15 is 0 Å². The third-order valence-electron chi connectivity index (χ3n) is 2.75. The zero-order valence-corrected chi connectivity index (χ0v) is 9.84. The minimum Gasteiger partial charge on any atom is -0.393 e. The van der Waals surface area contributed by atoms with Crippen LogP contribution in [0.4, 0.5) is 0 Å². The summed E-state index contributed by atoms with van der Waals surface area (Å²) in [6, 6.07) is 0. The van der Waals surface area contributed by atoms with Crippen LogP contribution in [0, 0.1) is 5.92 Å². The highest BCUT2D eigenvalue weighted by Crippen LogP contribution is 2.13. The molecule has 1 nitrogen and oxygen atoms in total. The average Bonchev–Trinajstić information content (AvgIpc) is 2.21. The summed E-state index contributed by atoms with van der Waals surface area (Å²) in [6.07, 6.45) is 9.86. The molecule has 0 aliphatic carbocycles. The van der Waals surface area contributed by atoms with Crippen molar-refractivity contribution in [1.82, 2.24) is 0 Å². The number of hydrogen-bond donors (Lipinski definition) is 1. The van der Waals surface area contributed by atoms with Gasteiger partial charge in [-0.3, -0.25) is 0 Å². The molecule has 0 radical (unpaired) electrons. The zero-order chi connectivity index (χ0) is 10.8. The van der Waals surface area contributed by atoms with E-state index in [2.05, 4.69) is 20.4 Å². The quantitative estimate of drug-likeness (QED) is 0.440. The smallest absolute Gasteiger partial charge is 0.0540 e. The fraction of sp³-hybridized carbons (Fsp3) is 0.846. The van der Waals surface area contributed by atoms with Crippen molar-refractivity contribution in [2.24, 2.45) is 5.92 Å². The lowest BCUT2D eigenvalue weighted by atomic mass is 10.00. The average molecular weight is 198 g/mol. The van der Waals surface area contributed by atoms with Gasteiger partial charge in [-0.2, -0.15) is 0 Å². The van der Waals surface area contributed by atoms with Crippen molar-refractivity contribution in [1.29, 1.82) is 0 Å². The summed E-state index contributed by atoms with van der Waals surface area (Å²) in [4.78, 5) is 0. The number of rotatable bonds is 9. The summed E-state index contributed by atoms with van der Waals surface area (Å²) >= 11 is 0. The Morgan fingerprint density at radius 3 is 2.43 bits per heavy atom. The van der Waals surface area contributed by atoms with Crippen molar-refractivity contribution in [2.45, 2.75) is 64.9 Å². The Hall–Kier alpha value is -0.300. The van der Waals surface area contributed by atoms with E-state index in [4.69, 9.17) is 0 Å². The van der Waals surface area contributed by atoms with Crippen LogP contribution in [0.3, 0.4) is 0 Å². The minimum absolute atomic E-state index is 0.0887. The predicted octanol–water partition coefficient (Wildman–Crippen LogP) is 3.92. The maximum absolute atomic E-state index is 9.66. The second kappa shape index (κ2) is 9.26. The molecule has 84 valence electrons. The molecule has 1 N–H and O–H groups in total. The van der Waals surface area contributed by atoms with Crippen LogP contribution in [-0.4, -0.2) is 11.2 Å².